The van der Waals surface area contributed by atoms with E-state index in [2.05, 4.69) is 51.6 Å². The molecule has 2 unspecified atom stereocenters. The molecule has 0 radical (unpaired) electrons. The van der Waals surface area contributed by atoms with Crippen LogP contribution in [0.4, 0.5) is 0 Å². The number of hydrogen-bond acceptors (Lipinski definition) is 2. The Labute approximate surface area is 107 Å². The number of benzene rings is 1. The van der Waals surface area contributed by atoms with Crippen molar-refractivity contribution in [1.82, 2.24) is 15.1 Å². The third-order valence-electron chi connectivity index (χ3n) is 4.21. The fourth-order valence-electron chi connectivity index (χ4n) is 3.29. The van der Waals surface area contributed by atoms with Gasteiger partial charge in [0.15, 0.2) is 0 Å². The first-order valence-corrected chi connectivity index (χ1v) is 6.75. The summed E-state index contributed by atoms with van der Waals surface area (Å²) in [4.78, 5) is 0. The SMILES string of the molecule is c1ccc(Cn2ncc3c2CC2CCC3N2)cc1. The summed E-state index contributed by atoms with van der Waals surface area (Å²) in [6, 6.07) is 11.8. The van der Waals surface area contributed by atoms with E-state index in [-0.39, 0.29) is 0 Å². The van der Waals surface area contributed by atoms with Crippen LogP contribution in [0.5, 0.6) is 0 Å². The third kappa shape index (κ3) is 1.58. The van der Waals surface area contributed by atoms with Crippen molar-refractivity contribution in [2.45, 2.75) is 37.9 Å². The highest BCUT2D eigenvalue weighted by atomic mass is 15.3. The molecular formula is C15H17N3. The van der Waals surface area contributed by atoms with Gasteiger partial charge in [-0.25, -0.2) is 0 Å². The van der Waals surface area contributed by atoms with Gasteiger partial charge >= 0.3 is 0 Å². The quantitative estimate of drug-likeness (QED) is 0.871. The van der Waals surface area contributed by atoms with E-state index in [1.54, 1.807) is 0 Å². The van der Waals surface area contributed by atoms with Crippen molar-refractivity contribution in [2.24, 2.45) is 0 Å². The summed E-state index contributed by atoms with van der Waals surface area (Å²) in [7, 11) is 0. The van der Waals surface area contributed by atoms with Crippen LogP contribution in [0.15, 0.2) is 36.5 Å². The van der Waals surface area contributed by atoms with Crippen LogP contribution in [0.25, 0.3) is 0 Å². The highest BCUT2D eigenvalue weighted by Gasteiger charge is 2.34. The van der Waals surface area contributed by atoms with Crippen molar-refractivity contribution >= 4 is 0 Å². The van der Waals surface area contributed by atoms with Crippen molar-refractivity contribution in [2.75, 3.05) is 0 Å². The van der Waals surface area contributed by atoms with Gasteiger partial charge in [-0.2, -0.15) is 5.10 Å². The lowest BCUT2D eigenvalue weighted by molar-refractivity contribution is 0.491. The summed E-state index contributed by atoms with van der Waals surface area (Å²) in [6.45, 7) is 0.898. The predicted molar refractivity (Wildman–Crippen MR) is 70.4 cm³/mol. The molecule has 18 heavy (non-hydrogen) atoms. The summed E-state index contributed by atoms with van der Waals surface area (Å²) < 4.78 is 2.19. The Morgan fingerprint density at radius 1 is 1.22 bits per heavy atom. The highest BCUT2D eigenvalue weighted by molar-refractivity contribution is 5.29. The molecule has 1 aromatic carbocycles. The lowest BCUT2D eigenvalue weighted by atomic mass is 10.0. The Bertz CT molecular complexity index is 558. The zero-order valence-electron chi connectivity index (χ0n) is 10.3. The smallest absolute Gasteiger partial charge is 0.0662 e. The number of rotatable bonds is 2. The number of aromatic nitrogens is 2. The Hall–Kier alpha value is -1.61. The van der Waals surface area contributed by atoms with Crippen LogP contribution in [0.3, 0.4) is 0 Å². The van der Waals surface area contributed by atoms with Gasteiger partial charge in [-0.1, -0.05) is 30.3 Å². The van der Waals surface area contributed by atoms with Crippen LogP contribution < -0.4 is 5.32 Å². The van der Waals surface area contributed by atoms with E-state index in [0.29, 0.717) is 12.1 Å². The second-order valence-corrected chi connectivity index (χ2v) is 5.39. The van der Waals surface area contributed by atoms with E-state index in [9.17, 15) is 0 Å². The Kier molecular flexibility index (Phi) is 2.27. The molecule has 2 aliphatic heterocycles. The monoisotopic (exact) mass is 239 g/mol. The van der Waals surface area contributed by atoms with E-state index in [1.807, 2.05) is 0 Å². The van der Waals surface area contributed by atoms with Crippen LogP contribution in [0.2, 0.25) is 0 Å². The van der Waals surface area contributed by atoms with Gasteiger partial charge in [0.25, 0.3) is 0 Å². The van der Waals surface area contributed by atoms with Gasteiger partial charge in [0, 0.05) is 29.8 Å². The second kappa shape index (κ2) is 3.95. The van der Waals surface area contributed by atoms with Crippen molar-refractivity contribution in [3.05, 3.63) is 53.3 Å². The van der Waals surface area contributed by atoms with Crippen LogP contribution in [-0.2, 0) is 13.0 Å². The topological polar surface area (TPSA) is 29.9 Å². The Morgan fingerprint density at radius 3 is 3.00 bits per heavy atom. The molecule has 1 saturated heterocycles. The minimum atomic E-state index is 0.559. The minimum Gasteiger partial charge on any atom is -0.307 e. The van der Waals surface area contributed by atoms with Gasteiger partial charge in [-0.3, -0.25) is 4.68 Å². The standard InChI is InChI=1S/C15H17N3/c1-2-4-11(5-3-1)10-18-15-8-12-6-7-14(17-12)13(15)9-16-18/h1-5,9,12,14,17H,6-8,10H2. The molecule has 92 valence electrons. The van der Waals surface area contributed by atoms with Gasteiger partial charge in [0.1, 0.15) is 0 Å². The first-order valence-electron chi connectivity index (χ1n) is 6.75. The van der Waals surface area contributed by atoms with Crippen LogP contribution in [-0.4, -0.2) is 15.8 Å². The predicted octanol–water partition coefficient (Wildman–Crippen LogP) is 2.28. The molecule has 0 saturated carbocycles. The average molecular weight is 239 g/mol. The molecule has 2 atom stereocenters. The maximum Gasteiger partial charge on any atom is 0.0662 e. The van der Waals surface area contributed by atoms with E-state index >= 15 is 0 Å². The van der Waals surface area contributed by atoms with Crippen molar-refractivity contribution in [3.63, 3.8) is 0 Å². The van der Waals surface area contributed by atoms with Crippen molar-refractivity contribution in [1.29, 1.82) is 0 Å². The molecular weight excluding hydrogens is 222 g/mol. The summed E-state index contributed by atoms with van der Waals surface area (Å²) >= 11 is 0. The molecule has 1 N–H and O–H groups in total. The van der Waals surface area contributed by atoms with Gasteiger partial charge in [0.2, 0.25) is 0 Å². The molecule has 3 heterocycles. The van der Waals surface area contributed by atoms with Crippen LogP contribution >= 0.6 is 0 Å². The molecule has 0 spiro atoms. The molecule has 2 bridgehead atoms. The number of hydrogen-bond donors (Lipinski definition) is 1. The summed E-state index contributed by atoms with van der Waals surface area (Å²) in [5.41, 5.74) is 4.21. The normalized spacial score (nSPS) is 25.1. The Balaban J connectivity index is 1.68. The second-order valence-electron chi connectivity index (χ2n) is 5.39. The van der Waals surface area contributed by atoms with Crippen LogP contribution in [0, 0.1) is 0 Å². The number of nitrogens with zero attached hydrogens (tertiary/aromatic N) is 2. The number of fused-ring (bicyclic) bond motifs is 4. The Morgan fingerprint density at radius 2 is 2.11 bits per heavy atom. The molecule has 3 heteroatoms. The molecule has 3 nitrogen and oxygen atoms in total. The van der Waals surface area contributed by atoms with Crippen molar-refractivity contribution < 1.29 is 0 Å². The van der Waals surface area contributed by atoms with Gasteiger partial charge < -0.3 is 5.32 Å². The average Bonchev–Trinajstić information content (AvgIpc) is 2.98. The molecule has 2 aromatic rings. The largest absolute Gasteiger partial charge is 0.307 e. The zero-order chi connectivity index (χ0) is 11.9. The minimum absolute atomic E-state index is 0.559. The fourth-order valence-corrected chi connectivity index (χ4v) is 3.29. The molecule has 0 amide bonds. The molecule has 0 aliphatic carbocycles. The first-order chi connectivity index (χ1) is 8.90. The maximum absolute atomic E-state index is 4.59. The van der Waals surface area contributed by atoms with Gasteiger partial charge in [-0.15, -0.1) is 0 Å². The lowest BCUT2D eigenvalue weighted by Gasteiger charge is -2.22. The van der Waals surface area contributed by atoms with E-state index in [4.69, 9.17) is 0 Å². The summed E-state index contributed by atoms with van der Waals surface area (Å²) in [5, 5.41) is 8.26. The van der Waals surface area contributed by atoms with E-state index < -0.39 is 0 Å². The first kappa shape index (κ1) is 10.3. The van der Waals surface area contributed by atoms with E-state index in [1.165, 1.54) is 29.7 Å². The molecule has 1 fully saturated rings. The summed E-state index contributed by atoms with van der Waals surface area (Å²) in [6.07, 6.45) is 5.79. The third-order valence-corrected chi connectivity index (χ3v) is 4.21. The van der Waals surface area contributed by atoms with Gasteiger partial charge in [-0.05, 0) is 18.4 Å². The molecule has 1 aromatic heterocycles. The molecule has 4 rings (SSSR count). The fraction of sp³-hybridized carbons (Fsp3) is 0.400. The van der Waals surface area contributed by atoms with E-state index in [0.717, 1.165) is 13.0 Å². The number of nitrogens with one attached hydrogen (secondary N) is 1. The van der Waals surface area contributed by atoms with Crippen LogP contribution in [0.1, 0.15) is 35.7 Å². The summed E-state index contributed by atoms with van der Waals surface area (Å²) in [5.74, 6) is 0. The van der Waals surface area contributed by atoms with Gasteiger partial charge in [0.05, 0.1) is 12.7 Å². The molecule has 2 aliphatic rings. The zero-order valence-corrected chi connectivity index (χ0v) is 10.3. The highest BCUT2D eigenvalue weighted by Crippen LogP contribution is 2.35. The van der Waals surface area contributed by atoms with Crippen molar-refractivity contribution in [3.8, 4) is 0 Å². The maximum atomic E-state index is 4.59. The lowest BCUT2D eigenvalue weighted by Crippen LogP contribution is -2.32.